The Kier molecular flexibility index (Phi) is 4.60. The Morgan fingerprint density at radius 3 is 3.06 bits per heavy atom. The van der Waals surface area contributed by atoms with Gasteiger partial charge in [0.25, 0.3) is 0 Å². The molecule has 0 aliphatic carbocycles. The molecule has 4 nitrogen and oxygen atoms in total. The van der Waals surface area contributed by atoms with Gasteiger partial charge in [-0.3, -0.25) is 4.79 Å². The number of amides is 1. The average Bonchev–Trinajstić information content (AvgIpc) is 2.83. The maximum Gasteiger partial charge on any atom is 0.237 e. The molecular formula is C14H23N3O. The van der Waals surface area contributed by atoms with Gasteiger partial charge in [0, 0.05) is 18.6 Å². The number of nitriles is 1. The van der Waals surface area contributed by atoms with Crippen LogP contribution in [-0.4, -0.2) is 36.0 Å². The van der Waals surface area contributed by atoms with Crippen LogP contribution in [0.3, 0.4) is 0 Å². The van der Waals surface area contributed by atoms with E-state index in [0.717, 1.165) is 25.8 Å². The van der Waals surface area contributed by atoms with Gasteiger partial charge >= 0.3 is 0 Å². The Labute approximate surface area is 109 Å². The minimum absolute atomic E-state index is 0.0594. The number of nitrogens with one attached hydrogen (secondary N) is 1. The van der Waals surface area contributed by atoms with Crippen molar-refractivity contribution >= 4 is 5.91 Å². The van der Waals surface area contributed by atoms with E-state index in [9.17, 15) is 4.79 Å². The molecule has 2 fully saturated rings. The molecular weight excluding hydrogens is 226 g/mol. The number of rotatable bonds is 4. The highest BCUT2D eigenvalue weighted by molar-refractivity contribution is 5.81. The molecule has 0 bridgehead atoms. The van der Waals surface area contributed by atoms with Crippen LogP contribution in [0.15, 0.2) is 0 Å². The van der Waals surface area contributed by atoms with Crippen LogP contribution in [0.25, 0.3) is 0 Å². The molecule has 3 unspecified atom stereocenters. The van der Waals surface area contributed by atoms with Crippen LogP contribution in [-0.2, 0) is 4.79 Å². The molecule has 18 heavy (non-hydrogen) atoms. The van der Waals surface area contributed by atoms with E-state index in [2.05, 4.69) is 16.3 Å². The topological polar surface area (TPSA) is 56.1 Å². The van der Waals surface area contributed by atoms with Crippen molar-refractivity contribution in [2.75, 3.05) is 13.1 Å². The Balaban J connectivity index is 1.82. The summed E-state index contributed by atoms with van der Waals surface area (Å²) >= 11 is 0. The van der Waals surface area contributed by atoms with Gasteiger partial charge in [-0.1, -0.05) is 13.3 Å². The third kappa shape index (κ3) is 3.02. The van der Waals surface area contributed by atoms with Crippen molar-refractivity contribution in [3.8, 4) is 6.07 Å². The number of piperidine rings is 1. The van der Waals surface area contributed by atoms with Crippen LogP contribution in [0.5, 0.6) is 0 Å². The van der Waals surface area contributed by atoms with Gasteiger partial charge in [-0.25, -0.2) is 0 Å². The van der Waals surface area contributed by atoms with Gasteiger partial charge in [0.1, 0.15) is 5.92 Å². The summed E-state index contributed by atoms with van der Waals surface area (Å²) in [6, 6.07) is 3.06. The predicted molar refractivity (Wildman–Crippen MR) is 69.8 cm³/mol. The van der Waals surface area contributed by atoms with Crippen LogP contribution >= 0.6 is 0 Å². The lowest BCUT2D eigenvalue weighted by Crippen LogP contribution is -2.48. The summed E-state index contributed by atoms with van der Waals surface area (Å²) in [5.74, 6) is -0.521. The van der Waals surface area contributed by atoms with Crippen molar-refractivity contribution in [1.29, 1.82) is 5.26 Å². The molecule has 0 radical (unpaired) electrons. The second kappa shape index (κ2) is 6.19. The maximum atomic E-state index is 12.0. The van der Waals surface area contributed by atoms with Gasteiger partial charge in [0.2, 0.25) is 5.91 Å². The zero-order valence-corrected chi connectivity index (χ0v) is 11.2. The molecule has 1 amide bonds. The zero-order chi connectivity index (χ0) is 13.0. The summed E-state index contributed by atoms with van der Waals surface area (Å²) in [6.45, 7) is 4.33. The van der Waals surface area contributed by atoms with Crippen LogP contribution in [0.4, 0.5) is 0 Å². The first-order valence-electron chi connectivity index (χ1n) is 7.18. The summed E-state index contributed by atoms with van der Waals surface area (Å²) in [6.07, 6.45) is 6.21. The number of fused-ring (bicyclic) bond motifs is 1. The second-order valence-electron chi connectivity index (χ2n) is 5.53. The third-order valence-corrected chi connectivity index (χ3v) is 4.22. The molecule has 0 aromatic rings. The SMILES string of the molecule is CCCC(C#N)C(=O)NC1CCN2CCCC2C1. The number of hydrogen-bond donors (Lipinski definition) is 1. The predicted octanol–water partition coefficient (Wildman–Crippen LogP) is 1.67. The fourth-order valence-electron chi connectivity index (χ4n) is 3.20. The van der Waals surface area contributed by atoms with Gasteiger partial charge in [-0.15, -0.1) is 0 Å². The molecule has 2 rings (SSSR count). The fourth-order valence-corrected chi connectivity index (χ4v) is 3.20. The minimum atomic E-state index is -0.461. The normalized spacial score (nSPS) is 29.3. The van der Waals surface area contributed by atoms with Crippen molar-refractivity contribution in [1.82, 2.24) is 10.2 Å². The summed E-state index contributed by atoms with van der Waals surface area (Å²) in [7, 11) is 0. The van der Waals surface area contributed by atoms with E-state index in [1.165, 1.54) is 19.4 Å². The quantitative estimate of drug-likeness (QED) is 0.824. The molecule has 0 spiro atoms. The molecule has 2 heterocycles. The first-order valence-corrected chi connectivity index (χ1v) is 7.18. The largest absolute Gasteiger partial charge is 0.352 e. The second-order valence-corrected chi connectivity index (χ2v) is 5.53. The Morgan fingerprint density at radius 2 is 2.33 bits per heavy atom. The highest BCUT2D eigenvalue weighted by atomic mass is 16.1. The van der Waals surface area contributed by atoms with E-state index < -0.39 is 5.92 Å². The highest BCUT2D eigenvalue weighted by Crippen LogP contribution is 2.27. The number of carbonyl (C=O) groups is 1. The van der Waals surface area contributed by atoms with E-state index in [1.807, 2.05) is 6.92 Å². The first kappa shape index (κ1) is 13.4. The fraction of sp³-hybridized carbons (Fsp3) is 0.857. The van der Waals surface area contributed by atoms with E-state index in [-0.39, 0.29) is 11.9 Å². The van der Waals surface area contributed by atoms with Gasteiger partial charge in [0.15, 0.2) is 0 Å². The van der Waals surface area contributed by atoms with Gasteiger partial charge in [-0.2, -0.15) is 5.26 Å². The number of carbonyl (C=O) groups excluding carboxylic acids is 1. The van der Waals surface area contributed by atoms with Crippen LogP contribution in [0.1, 0.15) is 45.4 Å². The maximum absolute atomic E-state index is 12.0. The lowest BCUT2D eigenvalue weighted by atomic mass is 9.96. The summed E-state index contributed by atoms with van der Waals surface area (Å²) in [4.78, 5) is 14.5. The van der Waals surface area contributed by atoms with Crippen molar-refractivity contribution in [3.63, 3.8) is 0 Å². The highest BCUT2D eigenvalue weighted by Gasteiger charge is 2.32. The summed E-state index contributed by atoms with van der Waals surface area (Å²) in [5.41, 5.74) is 0. The van der Waals surface area contributed by atoms with Crippen molar-refractivity contribution in [2.24, 2.45) is 5.92 Å². The van der Waals surface area contributed by atoms with Gasteiger partial charge in [-0.05, 0) is 38.6 Å². The minimum Gasteiger partial charge on any atom is -0.352 e. The van der Waals surface area contributed by atoms with E-state index in [1.54, 1.807) is 0 Å². The standard InChI is InChI=1S/C14H23N3O/c1-2-4-11(10-15)14(18)16-12-6-8-17-7-3-5-13(17)9-12/h11-13H,2-9H2,1H3,(H,16,18). The lowest BCUT2D eigenvalue weighted by molar-refractivity contribution is -0.124. The molecule has 3 atom stereocenters. The summed E-state index contributed by atoms with van der Waals surface area (Å²) in [5, 5.41) is 12.1. The monoisotopic (exact) mass is 249 g/mol. The molecule has 0 aromatic heterocycles. The van der Waals surface area contributed by atoms with Crippen LogP contribution < -0.4 is 5.32 Å². The van der Waals surface area contributed by atoms with Crippen LogP contribution in [0, 0.1) is 17.2 Å². The average molecular weight is 249 g/mol. The molecule has 0 saturated carbocycles. The molecule has 100 valence electrons. The molecule has 0 aromatic carbocycles. The smallest absolute Gasteiger partial charge is 0.237 e. The van der Waals surface area contributed by atoms with E-state index in [0.29, 0.717) is 12.5 Å². The zero-order valence-electron chi connectivity index (χ0n) is 11.2. The van der Waals surface area contributed by atoms with Crippen molar-refractivity contribution < 1.29 is 4.79 Å². The van der Waals surface area contributed by atoms with Gasteiger partial charge < -0.3 is 10.2 Å². The summed E-state index contributed by atoms with van der Waals surface area (Å²) < 4.78 is 0. The molecule has 2 saturated heterocycles. The Morgan fingerprint density at radius 1 is 1.50 bits per heavy atom. The number of hydrogen-bond acceptors (Lipinski definition) is 3. The van der Waals surface area contributed by atoms with Crippen molar-refractivity contribution in [3.05, 3.63) is 0 Å². The molecule has 2 aliphatic heterocycles. The van der Waals surface area contributed by atoms with Crippen molar-refractivity contribution in [2.45, 2.75) is 57.5 Å². The molecule has 4 heteroatoms. The Hall–Kier alpha value is -1.08. The third-order valence-electron chi connectivity index (χ3n) is 4.22. The van der Waals surface area contributed by atoms with Crippen LogP contribution in [0.2, 0.25) is 0 Å². The van der Waals surface area contributed by atoms with Gasteiger partial charge in [0.05, 0.1) is 6.07 Å². The first-order chi connectivity index (χ1) is 8.74. The lowest BCUT2D eigenvalue weighted by Gasteiger charge is -2.35. The molecule has 2 aliphatic rings. The molecule has 1 N–H and O–H groups in total. The Bertz CT molecular complexity index is 336. The van der Waals surface area contributed by atoms with E-state index >= 15 is 0 Å². The number of nitrogens with zero attached hydrogens (tertiary/aromatic N) is 2. The van der Waals surface area contributed by atoms with E-state index in [4.69, 9.17) is 5.26 Å².